The van der Waals surface area contributed by atoms with Gasteiger partial charge in [-0.2, -0.15) is 5.10 Å². The highest BCUT2D eigenvalue weighted by molar-refractivity contribution is 6.31. The number of hydrogen-bond acceptors (Lipinski definition) is 1. The van der Waals surface area contributed by atoms with Crippen LogP contribution in [0.3, 0.4) is 0 Å². The highest BCUT2D eigenvalue weighted by atomic mass is 35.5. The van der Waals surface area contributed by atoms with E-state index in [1.165, 1.54) is 0 Å². The zero-order chi connectivity index (χ0) is 10.1. The molecular formula is C11H11ClN2. The van der Waals surface area contributed by atoms with Crippen LogP contribution in [0.5, 0.6) is 0 Å². The minimum Gasteiger partial charge on any atom is -0.241 e. The van der Waals surface area contributed by atoms with Crippen molar-refractivity contribution in [1.82, 2.24) is 9.78 Å². The molecule has 0 amide bonds. The third-order valence-electron chi connectivity index (χ3n) is 2.13. The molecule has 0 saturated carbocycles. The third kappa shape index (κ3) is 1.66. The molecule has 0 spiro atoms. The lowest BCUT2D eigenvalue weighted by molar-refractivity contribution is 0.880. The lowest BCUT2D eigenvalue weighted by Gasteiger charge is -2.03. The van der Waals surface area contributed by atoms with Gasteiger partial charge in [-0.1, -0.05) is 17.7 Å². The van der Waals surface area contributed by atoms with Gasteiger partial charge < -0.3 is 0 Å². The molecule has 14 heavy (non-hydrogen) atoms. The van der Waals surface area contributed by atoms with Crippen molar-refractivity contribution in [1.29, 1.82) is 0 Å². The van der Waals surface area contributed by atoms with Crippen LogP contribution in [-0.4, -0.2) is 9.78 Å². The van der Waals surface area contributed by atoms with E-state index in [9.17, 15) is 0 Å². The van der Waals surface area contributed by atoms with Gasteiger partial charge in [-0.05, 0) is 37.1 Å². The summed E-state index contributed by atoms with van der Waals surface area (Å²) in [5, 5.41) is 4.99. The monoisotopic (exact) mass is 206 g/mol. The molecular weight excluding hydrogens is 196 g/mol. The Labute approximate surface area is 88.1 Å². The minimum atomic E-state index is 0.774. The summed E-state index contributed by atoms with van der Waals surface area (Å²) in [6.07, 6.45) is 3.80. The van der Waals surface area contributed by atoms with Crippen LogP contribution in [0.2, 0.25) is 5.02 Å². The molecule has 2 aromatic rings. The first kappa shape index (κ1) is 9.28. The van der Waals surface area contributed by atoms with Crippen molar-refractivity contribution in [2.45, 2.75) is 13.8 Å². The van der Waals surface area contributed by atoms with Gasteiger partial charge in [0.25, 0.3) is 0 Å². The highest BCUT2D eigenvalue weighted by Crippen LogP contribution is 2.19. The van der Waals surface area contributed by atoms with E-state index in [2.05, 4.69) is 5.10 Å². The first-order valence-corrected chi connectivity index (χ1v) is 4.82. The fraction of sp³-hybridized carbons (Fsp3) is 0.182. The fourth-order valence-corrected chi connectivity index (χ4v) is 1.45. The molecule has 2 nitrogen and oxygen atoms in total. The average molecular weight is 207 g/mol. The van der Waals surface area contributed by atoms with E-state index in [0.29, 0.717) is 0 Å². The van der Waals surface area contributed by atoms with Gasteiger partial charge in [-0.25, -0.2) is 4.68 Å². The SMILES string of the molecule is Cc1cnn(-c2ccc(C)c(Cl)c2)c1. The second-order valence-corrected chi connectivity index (χ2v) is 3.80. The Bertz CT molecular complexity index is 460. The van der Waals surface area contributed by atoms with E-state index in [1.807, 2.05) is 49.1 Å². The van der Waals surface area contributed by atoms with Gasteiger partial charge >= 0.3 is 0 Å². The third-order valence-corrected chi connectivity index (χ3v) is 2.54. The number of nitrogens with zero attached hydrogens (tertiary/aromatic N) is 2. The number of aromatic nitrogens is 2. The molecule has 0 aliphatic heterocycles. The normalized spacial score (nSPS) is 10.5. The van der Waals surface area contributed by atoms with Crippen LogP contribution in [0.1, 0.15) is 11.1 Å². The van der Waals surface area contributed by atoms with Crippen molar-refractivity contribution in [3.05, 3.63) is 46.7 Å². The van der Waals surface area contributed by atoms with Crippen LogP contribution >= 0.6 is 11.6 Å². The van der Waals surface area contributed by atoms with Crippen molar-refractivity contribution in [3.63, 3.8) is 0 Å². The highest BCUT2D eigenvalue weighted by Gasteiger charge is 2.00. The molecule has 0 atom stereocenters. The van der Waals surface area contributed by atoms with Crippen molar-refractivity contribution in [2.24, 2.45) is 0 Å². The Kier molecular flexibility index (Phi) is 2.30. The van der Waals surface area contributed by atoms with E-state index in [1.54, 1.807) is 0 Å². The second-order valence-electron chi connectivity index (χ2n) is 3.40. The molecule has 0 N–H and O–H groups in total. The molecule has 1 heterocycles. The maximum absolute atomic E-state index is 6.03. The van der Waals surface area contributed by atoms with Gasteiger partial charge in [-0.3, -0.25) is 0 Å². The summed E-state index contributed by atoms with van der Waals surface area (Å²) >= 11 is 6.03. The van der Waals surface area contributed by atoms with E-state index < -0.39 is 0 Å². The summed E-state index contributed by atoms with van der Waals surface area (Å²) in [4.78, 5) is 0. The van der Waals surface area contributed by atoms with Crippen LogP contribution in [-0.2, 0) is 0 Å². The fourth-order valence-electron chi connectivity index (χ4n) is 1.28. The summed E-state index contributed by atoms with van der Waals surface area (Å²) in [6.45, 7) is 4.00. The van der Waals surface area contributed by atoms with Gasteiger partial charge in [0, 0.05) is 11.2 Å². The summed E-state index contributed by atoms with van der Waals surface area (Å²) in [5.41, 5.74) is 3.22. The molecule has 1 aromatic heterocycles. The van der Waals surface area contributed by atoms with Gasteiger partial charge in [-0.15, -0.1) is 0 Å². The molecule has 0 fully saturated rings. The first-order chi connectivity index (χ1) is 6.66. The Hall–Kier alpha value is -1.28. The van der Waals surface area contributed by atoms with Gasteiger partial charge in [0.05, 0.1) is 11.9 Å². The topological polar surface area (TPSA) is 17.8 Å². The molecule has 0 saturated heterocycles. The number of halogens is 1. The van der Waals surface area contributed by atoms with Gasteiger partial charge in [0.2, 0.25) is 0 Å². The van der Waals surface area contributed by atoms with Crippen molar-refractivity contribution in [2.75, 3.05) is 0 Å². The molecule has 2 rings (SSSR count). The van der Waals surface area contributed by atoms with E-state index in [0.717, 1.165) is 21.8 Å². The summed E-state index contributed by atoms with van der Waals surface area (Å²) in [5.74, 6) is 0. The maximum Gasteiger partial charge on any atom is 0.0660 e. The Morgan fingerprint density at radius 3 is 2.64 bits per heavy atom. The summed E-state index contributed by atoms with van der Waals surface area (Å²) in [7, 11) is 0. The molecule has 0 aliphatic carbocycles. The molecule has 72 valence electrons. The second kappa shape index (κ2) is 3.46. The lowest BCUT2D eigenvalue weighted by atomic mass is 10.2. The number of benzene rings is 1. The first-order valence-electron chi connectivity index (χ1n) is 4.44. The predicted octanol–water partition coefficient (Wildman–Crippen LogP) is 3.14. The van der Waals surface area contributed by atoms with Crippen molar-refractivity contribution >= 4 is 11.6 Å². The largest absolute Gasteiger partial charge is 0.241 e. The van der Waals surface area contributed by atoms with E-state index in [-0.39, 0.29) is 0 Å². The lowest BCUT2D eigenvalue weighted by Crippen LogP contribution is -1.94. The van der Waals surface area contributed by atoms with Crippen LogP contribution in [0.4, 0.5) is 0 Å². The Morgan fingerprint density at radius 2 is 2.07 bits per heavy atom. The zero-order valence-electron chi connectivity index (χ0n) is 8.16. The van der Waals surface area contributed by atoms with Crippen molar-refractivity contribution < 1.29 is 0 Å². The minimum absolute atomic E-state index is 0.774. The zero-order valence-corrected chi connectivity index (χ0v) is 8.92. The van der Waals surface area contributed by atoms with Gasteiger partial charge in [0.15, 0.2) is 0 Å². The Balaban J connectivity index is 2.47. The average Bonchev–Trinajstić information content (AvgIpc) is 2.57. The maximum atomic E-state index is 6.03. The molecule has 0 aliphatic rings. The summed E-state index contributed by atoms with van der Waals surface area (Å²) < 4.78 is 1.82. The van der Waals surface area contributed by atoms with Crippen LogP contribution < -0.4 is 0 Å². The summed E-state index contributed by atoms with van der Waals surface area (Å²) in [6, 6.07) is 5.92. The number of aryl methyl sites for hydroxylation is 2. The predicted molar refractivity (Wildman–Crippen MR) is 58.0 cm³/mol. The van der Waals surface area contributed by atoms with Crippen LogP contribution in [0.15, 0.2) is 30.6 Å². The standard InChI is InChI=1S/C11H11ClN2/c1-8-6-13-14(7-8)10-4-3-9(2)11(12)5-10/h3-7H,1-2H3. The molecule has 0 bridgehead atoms. The Morgan fingerprint density at radius 1 is 1.29 bits per heavy atom. The number of rotatable bonds is 1. The molecule has 0 unspecified atom stereocenters. The van der Waals surface area contributed by atoms with Crippen molar-refractivity contribution in [3.8, 4) is 5.69 Å². The number of hydrogen-bond donors (Lipinski definition) is 0. The molecule has 0 radical (unpaired) electrons. The van der Waals surface area contributed by atoms with Crippen LogP contribution in [0, 0.1) is 13.8 Å². The van der Waals surface area contributed by atoms with Gasteiger partial charge in [0.1, 0.15) is 0 Å². The van der Waals surface area contributed by atoms with E-state index >= 15 is 0 Å². The molecule has 3 heteroatoms. The van der Waals surface area contributed by atoms with E-state index in [4.69, 9.17) is 11.6 Å². The molecule has 1 aromatic carbocycles. The quantitative estimate of drug-likeness (QED) is 0.701. The smallest absolute Gasteiger partial charge is 0.0660 e. The van der Waals surface area contributed by atoms with Crippen LogP contribution in [0.25, 0.3) is 5.69 Å².